The molecule has 0 aromatic rings. The van der Waals surface area contributed by atoms with Gasteiger partial charge >= 0.3 is 0 Å². The molecule has 1 rings (SSSR count). The average molecular weight is 254 g/mol. The Morgan fingerprint density at radius 1 is 1.50 bits per heavy atom. The predicted octanol–water partition coefficient (Wildman–Crippen LogP) is 1.94. The summed E-state index contributed by atoms with van der Waals surface area (Å²) in [4.78, 5) is 25.8. The Hall–Kier alpha value is -1.06. The van der Waals surface area contributed by atoms with Crippen molar-refractivity contribution in [3.8, 4) is 0 Å². The van der Waals surface area contributed by atoms with Gasteiger partial charge < -0.3 is 10.2 Å². The van der Waals surface area contributed by atoms with Gasteiger partial charge in [-0.05, 0) is 34.1 Å². The van der Waals surface area contributed by atoms with Crippen molar-refractivity contribution in [2.24, 2.45) is 5.92 Å². The Labute approximate surface area is 110 Å². The normalized spacial score (nSPS) is 22.2. The van der Waals surface area contributed by atoms with E-state index in [-0.39, 0.29) is 29.3 Å². The van der Waals surface area contributed by atoms with E-state index in [1.165, 1.54) is 0 Å². The minimum absolute atomic E-state index is 0.0241. The first-order valence-electron chi connectivity index (χ1n) is 6.86. The minimum atomic E-state index is -0.193. The number of amides is 2. The van der Waals surface area contributed by atoms with Crippen molar-refractivity contribution in [1.82, 2.24) is 10.2 Å². The lowest BCUT2D eigenvalue weighted by molar-refractivity contribution is -0.132. The number of hydrogen-bond acceptors (Lipinski definition) is 2. The van der Waals surface area contributed by atoms with Crippen LogP contribution in [0.1, 0.15) is 53.9 Å². The zero-order valence-corrected chi connectivity index (χ0v) is 12.2. The van der Waals surface area contributed by atoms with E-state index in [0.717, 1.165) is 12.8 Å². The molecule has 104 valence electrons. The van der Waals surface area contributed by atoms with E-state index < -0.39 is 0 Å². The van der Waals surface area contributed by atoms with Crippen LogP contribution in [-0.4, -0.2) is 34.8 Å². The Bertz CT molecular complexity index is 320. The number of nitrogens with zero attached hydrogens (tertiary/aromatic N) is 1. The average Bonchev–Trinajstić information content (AvgIpc) is 2.60. The second-order valence-electron chi connectivity index (χ2n) is 6.27. The Morgan fingerprint density at radius 2 is 2.11 bits per heavy atom. The van der Waals surface area contributed by atoms with Crippen LogP contribution in [0.2, 0.25) is 0 Å². The van der Waals surface area contributed by atoms with Gasteiger partial charge in [0.25, 0.3) is 0 Å². The monoisotopic (exact) mass is 254 g/mol. The third-order valence-corrected chi connectivity index (χ3v) is 3.42. The molecule has 1 fully saturated rings. The van der Waals surface area contributed by atoms with Gasteiger partial charge in [0.1, 0.15) is 0 Å². The van der Waals surface area contributed by atoms with Crippen molar-refractivity contribution in [2.75, 3.05) is 6.54 Å². The molecule has 0 unspecified atom stereocenters. The van der Waals surface area contributed by atoms with E-state index in [1.807, 2.05) is 32.6 Å². The third-order valence-electron chi connectivity index (χ3n) is 3.42. The molecule has 0 spiro atoms. The van der Waals surface area contributed by atoms with E-state index in [0.29, 0.717) is 13.0 Å². The van der Waals surface area contributed by atoms with Gasteiger partial charge in [0.2, 0.25) is 11.8 Å². The number of nitrogens with one attached hydrogen (secondary N) is 1. The molecular formula is C14H26N2O2. The molecule has 0 aromatic heterocycles. The molecule has 1 N–H and O–H groups in total. The van der Waals surface area contributed by atoms with E-state index in [4.69, 9.17) is 0 Å². The highest BCUT2D eigenvalue weighted by atomic mass is 16.2. The van der Waals surface area contributed by atoms with Gasteiger partial charge in [-0.2, -0.15) is 0 Å². The van der Waals surface area contributed by atoms with Gasteiger partial charge in [-0.25, -0.2) is 0 Å². The maximum Gasteiger partial charge on any atom is 0.225 e. The maximum atomic E-state index is 12.1. The van der Waals surface area contributed by atoms with Crippen LogP contribution in [0.5, 0.6) is 0 Å². The van der Waals surface area contributed by atoms with Crippen LogP contribution in [0.25, 0.3) is 0 Å². The fraction of sp³-hybridized carbons (Fsp3) is 0.857. The van der Waals surface area contributed by atoms with E-state index in [1.54, 1.807) is 0 Å². The van der Waals surface area contributed by atoms with Crippen molar-refractivity contribution in [2.45, 2.75) is 65.5 Å². The van der Waals surface area contributed by atoms with Crippen molar-refractivity contribution < 1.29 is 9.59 Å². The van der Waals surface area contributed by atoms with Gasteiger partial charge in [-0.1, -0.05) is 13.3 Å². The number of carbonyl (C=O) groups is 2. The Morgan fingerprint density at radius 3 is 2.56 bits per heavy atom. The van der Waals surface area contributed by atoms with Crippen LogP contribution in [-0.2, 0) is 9.59 Å². The van der Waals surface area contributed by atoms with Gasteiger partial charge in [0.05, 0.1) is 5.92 Å². The lowest BCUT2D eigenvalue weighted by Crippen LogP contribution is -2.44. The summed E-state index contributed by atoms with van der Waals surface area (Å²) >= 11 is 0. The fourth-order valence-electron chi connectivity index (χ4n) is 2.40. The first-order chi connectivity index (χ1) is 8.25. The van der Waals surface area contributed by atoms with Crippen LogP contribution in [0, 0.1) is 5.92 Å². The molecule has 0 aromatic carbocycles. The van der Waals surface area contributed by atoms with Gasteiger partial charge in [-0.3, -0.25) is 9.59 Å². The molecule has 1 aliphatic rings. The SMILES string of the molecule is CCC[C@H](C)NC(=O)[C@@H]1CC(=O)N(C(C)(C)C)C1. The molecule has 1 saturated heterocycles. The van der Waals surface area contributed by atoms with Crippen molar-refractivity contribution in [3.63, 3.8) is 0 Å². The molecule has 1 heterocycles. The van der Waals surface area contributed by atoms with Crippen LogP contribution >= 0.6 is 0 Å². The first-order valence-corrected chi connectivity index (χ1v) is 6.86. The molecule has 4 heteroatoms. The predicted molar refractivity (Wildman–Crippen MR) is 72.1 cm³/mol. The quantitative estimate of drug-likeness (QED) is 0.833. The van der Waals surface area contributed by atoms with E-state index >= 15 is 0 Å². The first kappa shape index (κ1) is 15.0. The number of carbonyl (C=O) groups excluding carboxylic acids is 2. The largest absolute Gasteiger partial charge is 0.353 e. The molecule has 0 bridgehead atoms. The smallest absolute Gasteiger partial charge is 0.225 e. The molecule has 2 amide bonds. The second kappa shape index (κ2) is 5.72. The highest BCUT2D eigenvalue weighted by molar-refractivity contribution is 5.89. The summed E-state index contributed by atoms with van der Waals surface area (Å²) in [5.74, 6) is -0.0714. The van der Waals surface area contributed by atoms with Gasteiger partial charge in [0, 0.05) is 24.5 Å². The van der Waals surface area contributed by atoms with E-state index in [9.17, 15) is 9.59 Å². The molecule has 1 aliphatic heterocycles. The van der Waals surface area contributed by atoms with Crippen molar-refractivity contribution in [1.29, 1.82) is 0 Å². The topological polar surface area (TPSA) is 49.4 Å². The lowest BCUT2D eigenvalue weighted by atomic mass is 10.1. The summed E-state index contributed by atoms with van der Waals surface area (Å²) < 4.78 is 0. The van der Waals surface area contributed by atoms with Crippen molar-refractivity contribution >= 4 is 11.8 Å². The summed E-state index contributed by atoms with van der Waals surface area (Å²) in [7, 11) is 0. The Balaban J connectivity index is 2.55. The molecule has 18 heavy (non-hydrogen) atoms. The highest BCUT2D eigenvalue weighted by Gasteiger charge is 2.39. The molecule has 0 saturated carbocycles. The maximum absolute atomic E-state index is 12.1. The number of hydrogen-bond donors (Lipinski definition) is 1. The van der Waals surface area contributed by atoms with Gasteiger partial charge in [0.15, 0.2) is 0 Å². The highest BCUT2D eigenvalue weighted by Crippen LogP contribution is 2.25. The summed E-state index contributed by atoms with van der Waals surface area (Å²) in [5.41, 5.74) is -0.193. The van der Waals surface area contributed by atoms with Crippen LogP contribution in [0.4, 0.5) is 0 Å². The third kappa shape index (κ3) is 3.72. The number of rotatable bonds is 4. The molecule has 2 atom stereocenters. The molecule has 0 radical (unpaired) electrons. The van der Waals surface area contributed by atoms with Crippen LogP contribution in [0.15, 0.2) is 0 Å². The Kier molecular flexibility index (Phi) is 4.77. The summed E-state index contributed by atoms with van der Waals surface area (Å²) in [6.45, 7) is 10.7. The zero-order valence-electron chi connectivity index (χ0n) is 12.2. The van der Waals surface area contributed by atoms with Crippen molar-refractivity contribution in [3.05, 3.63) is 0 Å². The molecule has 4 nitrogen and oxygen atoms in total. The van der Waals surface area contributed by atoms with E-state index in [2.05, 4.69) is 12.2 Å². The summed E-state index contributed by atoms with van der Waals surface area (Å²) in [6, 6.07) is 0.196. The van der Waals surface area contributed by atoms with Crippen LogP contribution < -0.4 is 5.32 Å². The molecule has 0 aliphatic carbocycles. The zero-order chi connectivity index (χ0) is 13.9. The second-order valence-corrected chi connectivity index (χ2v) is 6.27. The summed E-state index contributed by atoms with van der Waals surface area (Å²) in [5, 5.41) is 3.00. The summed E-state index contributed by atoms with van der Waals surface area (Å²) in [6.07, 6.45) is 2.39. The number of likely N-dealkylation sites (tertiary alicyclic amines) is 1. The molecular weight excluding hydrogens is 228 g/mol. The standard InChI is InChI=1S/C14H26N2O2/c1-6-7-10(2)15-13(18)11-8-12(17)16(9-11)14(3,4)5/h10-11H,6-9H2,1-5H3,(H,15,18)/t10-,11+/m0/s1. The van der Waals surface area contributed by atoms with Gasteiger partial charge in [-0.15, -0.1) is 0 Å². The minimum Gasteiger partial charge on any atom is -0.353 e. The lowest BCUT2D eigenvalue weighted by Gasteiger charge is -2.32. The fourth-order valence-corrected chi connectivity index (χ4v) is 2.40. The van der Waals surface area contributed by atoms with Crippen LogP contribution in [0.3, 0.4) is 0 Å².